The number of hydrogen-bond acceptors (Lipinski definition) is 5. The lowest BCUT2D eigenvalue weighted by atomic mass is 9.84. The number of anilines is 1. The fourth-order valence-corrected chi connectivity index (χ4v) is 4.82. The van der Waals surface area contributed by atoms with Crippen LogP contribution >= 0.6 is 0 Å². The maximum absolute atomic E-state index is 12.4. The number of aryl methyl sites for hydroxylation is 1. The normalized spacial score (nSPS) is 23.2. The molecular weight excluding hydrogens is 404 g/mol. The summed E-state index contributed by atoms with van der Waals surface area (Å²) in [6.07, 6.45) is 9.75. The quantitative estimate of drug-likeness (QED) is 0.480. The number of amides is 1. The highest BCUT2D eigenvalue weighted by Gasteiger charge is 2.31. The average molecular weight is 445 g/mol. The molecule has 2 N–H and O–H groups in total. The van der Waals surface area contributed by atoms with Gasteiger partial charge in [0.2, 0.25) is 5.91 Å². The van der Waals surface area contributed by atoms with E-state index in [0.717, 1.165) is 90.5 Å². The van der Waals surface area contributed by atoms with Gasteiger partial charge >= 0.3 is 0 Å². The van der Waals surface area contributed by atoms with Crippen molar-refractivity contribution in [3.8, 4) is 0 Å². The first-order valence-corrected chi connectivity index (χ1v) is 12.4. The SMILES string of the molecule is CCNC(=NCCN1CCN(C(=O)C2CCC2)CC1)NC1CCCN(c2cnn(C)c2)C1. The van der Waals surface area contributed by atoms with Crippen LogP contribution in [0, 0.1) is 5.92 Å². The topological polar surface area (TPSA) is 81.0 Å². The van der Waals surface area contributed by atoms with Gasteiger partial charge in [-0.1, -0.05) is 6.42 Å². The number of carbonyl (C=O) groups excluding carboxylic acids is 1. The zero-order valence-corrected chi connectivity index (χ0v) is 19.8. The van der Waals surface area contributed by atoms with Crippen LogP contribution < -0.4 is 15.5 Å². The van der Waals surface area contributed by atoms with Crippen molar-refractivity contribution in [1.29, 1.82) is 0 Å². The number of nitrogens with zero attached hydrogens (tertiary/aromatic N) is 6. The van der Waals surface area contributed by atoms with Crippen LogP contribution in [0.5, 0.6) is 0 Å². The van der Waals surface area contributed by atoms with E-state index in [-0.39, 0.29) is 0 Å². The van der Waals surface area contributed by atoms with Gasteiger partial charge in [-0.05, 0) is 32.6 Å². The molecule has 1 atom stereocenters. The van der Waals surface area contributed by atoms with Crippen molar-refractivity contribution < 1.29 is 4.79 Å². The number of piperidine rings is 1. The van der Waals surface area contributed by atoms with Crippen LogP contribution in [0.2, 0.25) is 0 Å². The van der Waals surface area contributed by atoms with Crippen LogP contribution in [0.4, 0.5) is 5.69 Å². The Morgan fingerprint density at radius 2 is 1.97 bits per heavy atom. The van der Waals surface area contributed by atoms with Gasteiger partial charge in [-0.3, -0.25) is 19.4 Å². The van der Waals surface area contributed by atoms with Gasteiger partial charge in [0.1, 0.15) is 0 Å². The summed E-state index contributed by atoms with van der Waals surface area (Å²) < 4.78 is 1.86. The van der Waals surface area contributed by atoms with E-state index in [1.54, 1.807) is 0 Å². The molecule has 0 bridgehead atoms. The third-order valence-corrected chi connectivity index (χ3v) is 6.99. The van der Waals surface area contributed by atoms with Gasteiger partial charge in [0.05, 0.1) is 18.4 Å². The van der Waals surface area contributed by atoms with Gasteiger partial charge in [0.25, 0.3) is 0 Å². The molecule has 1 amide bonds. The van der Waals surface area contributed by atoms with Crippen LogP contribution in [0.25, 0.3) is 0 Å². The number of carbonyl (C=O) groups is 1. The van der Waals surface area contributed by atoms with E-state index in [0.29, 0.717) is 17.9 Å². The molecule has 1 aromatic rings. The molecule has 9 nitrogen and oxygen atoms in total. The maximum atomic E-state index is 12.4. The third-order valence-electron chi connectivity index (χ3n) is 6.99. The van der Waals surface area contributed by atoms with Gasteiger partial charge in [0.15, 0.2) is 5.96 Å². The molecule has 0 spiro atoms. The number of rotatable bonds is 7. The molecule has 1 saturated carbocycles. The average Bonchev–Trinajstić information content (AvgIpc) is 3.20. The molecule has 178 valence electrons. The van der Waals surface area contributed by atoms with E-state index in [2.05, 4.69) is 43.6 Å². The number of hydrogen-bond donors (Lipinski definition) is 2. The summed E-state index contributed by atoms with van der Waals surface area (Å²) in [6.45, 7) is 10.4. The summed E-state index contributed by atoms with van der Waals surface area (Å²) in [5, 5.41) is 11.4. The summed E-state index contributed by atoms with van der Waals surface area (Å²) in [5.74, 6) is 1.61. The Balaban J connectivity index is 1.21. The van der Waals surface area contributed by atoms with Crippen LogP contribution in [0.3, 0.4) is 0 Å². The Labute approximate surface area is 192 Å². The third kappa shape index (κ3) is 5.94. The first-order valence-electron chi connectivity index (χ1n) is 12.4. The Morgan fingerprint density at radius 1 is 1.16 bits per heavy atom. The number of aliphatic imine (C=N–C) groups is 1. The molecule has 9 heteroatoms. The first-order chi connectivity index (χ1) is 15.6. The second-order valence-electron chi connectivity index (χ2n) is 9.36. The number of guanidine groups is 1. The second-order valence-corrected chi connectivity index (χ2v) is 9.36. The van der Waals surface area contributed by atoms with Crippen molar-refractivity contribution in [2.24, 2.45) is 18.0 Å². The van der Waals surface area contributed by atoms with E-state index in [1.165, 1.54) is 12.1 Å². The Bertz CT molecular complexity index is 766. The zero-order valence-electron chi connectivity index (χ0n) is 19.8. The smallest absolute Gasteiger partial charge is 0.225 e. The van der Waals surface area contributed by atoms with Gasteiger partial charge in [0, 0.05) is 77.6 Å². The summed E-state index contributed by atoms with van der Waals surface area (Å²) in [7, 11) is 1.96. The van der Waals surface area contributed by atoms with Crippen LogP contribution in [0.1, 0.15) is 39.0 Å². The molecule has 2 saturated heterocycles. The summed E-state index contributed by atoms with van der Waals surface area (Å²) in [4.78, 5) is 24.2. The minimum Gasteiger partial charge on any atom is -0.367 e. The van der Waals surface area contributed by atoms with Crippen molar-refractivity contribution in [2.45, 2.75) is 45.1 Å². The molecule has 0 aromatic carbocycles. The fourth-order valence-electron chi connectivity index (χ4n) is 4.82. The highest BCUT2D eigenvalue weighted by molar-refractivity contribution is 5.80. The van der Waals surface area contributed by atoms with Gasteiger partial charge < -0.3 is 20.4 Å². The van der Waals surface area contributed by atoms with Crippen molar-refractivity contribution in [3.05, 3.63) is 12.4 Å². The first kappa shape index (κ1) is 22.9. The second kappa shape index (κ2) is 11.0. The Kier molecular flexibility index (Phi) is 7.89. The van der Waals surface area contributed by atoms with E-state index < -0.39 is 0 Å². The Morgan fingerprint density at radius 3 is 2.62 bits per heavy atom. The van der Waals surface area contributed by atoms with Gasteiger partial charge in [-0.15, -0.1) is 0 Å². The van der Waals surface area contributed by atoms with Crippen molar-refractivity contribution in [1.82, 2.24) is 30.2 Å². The molecule has 3 fully saturated rings. The molecule has 32 heavy (non-hydrogen) atoms. The van der Waals surface area contributed by atoms with E-state index >= 15 is 0 Å². The van der Waals surface area contributed by atoms with Crippen LogP contribution in [0.15, 0.2) is 17.4 Å². The molecule has 4 rings (SSSR count). The van der Waals surface area contributed by atoms with Crippen molar-refractivity contribution in [3.63, 3.8) is 0 Å². The predicted molar refractivity (Wildman–Crippen MR) is 128 cm³/mol. The zero-order chi connectivity index (χ0) is 22.3. The largest absolute Gasteiger partial charge is 0.367 e. The molecule has 2 aliphatic heterocycles. The van der Waals surface area contributed by atoms with E-state index in [4.69, 9.17) is 4.99 Å². The molecule has 1 unspecified atom stereocenters. The van der Waals surface area contributed by atoms with Gasteiger partial charge in [-0.2, -0.15) is 5.10 Å². The summed E-state index contributed by atoms with van der Waals surface area (Å²) in [5.41, 5.74) is 1.19. The molecule has 3 aliphatic rings. The number of piperazine rings is 1. The monoisotopic (exact) mass is 444 g/mol. The standard InChI is InChI=1S/C23H40N8O/c1-3-24-23(27-20-8-5-10-31(17-20)21-16-26-28(2)18-21)25-9-11-29-12-14-30(15-13-29)22(32)19-6-4-7-19/h16,18-20H,3-15,17H2,1-2H3,(H2,24,25,27). The van der Waals surface area contributed by atoms with Crippen molar-refractivity contribution in [2.75, 3.05) is 63.8 Å². The minimum atomic E-state index is 0.314. The summed E-state index contributed by atoms with van der Waals surface area (Å²) in [6, 6.07) is 0.378. The fraction of sp³-hybridized carbons (Fsp3) is 0.783. The number of aromatic nitrogens is 2. The molecule has 1 aromatic heterocycles. The van der Waals surface area contributed by atoms with E-state index in [9.17, 15) is 4.79 Å². The van der Waals surface area contributed by atoms with Crippen LogP contribution in [-0.4, -0.2) is 96.4 Å². The van der Waals surface area contributed by atoms with Gasteiger partial charge in [-0.25, -0.2) is 0 Å². The van der Waals surface area contributed by atoms with E-state index in [1.807, 2.05) is 17.9 Å². The lowest BCUT2D eigenvalue weighted by Gasteiger charge is -2.38. The number of nitrogens with one attached hydrogen (secondary N) is 2. The Hall–Kier alpha value is -2.29. The lowest BCUT2D eigenvalue weighted by Crippen LogP contribution is -2.52. The molecule has 3 heterocycles. The molecular formula is C23H40N8O. The summed E-state index contributed by atoms with van der Waals surface area (Å²) >= 11 is 0. The maximum Gasteiger partial charge on any atom is 0.225 e. The minimum absolute atomic E-state index is 0.314. The molecule has 0 radical (unpaired) electrons. The lowest BCUT2D eigenvalue weighted by molar-refractivity contribution is -0.139. The molecule has 1 aliphatic carbocycles. The van der Waals surface area contributed by atoms with Crippen LogP contribution in [-0.2, 0) is 11.8 Å². The highest BCUT2D eigenvalue weighted by Crippen LogP contribution is 2.28. The van der Waals surface area contributed by atoms with Crippen molar-refractivity contribution >= 4 is 17.6 Å². The predicted octanol–water partition coefficient (Wildman–Crippen LogP) is 0.888. The highest BCUT2D eigenvalue weighted by atomic mass is 16.2.